The summed E-state index contributed by atoms with van der Waals surface area (Å²) in [6.07, 6.45) is -5.38. The van der Waals surface area contributed by atoms with Gasteiger partial charge in [-0.2, -0.15) is 13.2 Å². The zero-order valence-corrected chi connectivity index (χ0v) is 21.0. The van der Waals surface area contributed by atoms with Crippen LogP contribution >= 0.6 is 0 Å². The average molecular weight is 534 g/mol. The van der Waals surface area contributed by atoms with Gasteiger partial charge >= 0.3 is 6.18 Å². The normalized spacial score (nSPS) is 17.7. The van der Waals surface area contributed by atoms with Crippen LogP contribution in [0, 0.1) is 11.8 Å². The molecule has 4 rings (SSSR count). The van der Waals surface area contributed by atoms with Crippen LogP contribution in [0.5, 0.6) is 5.75 Å². The summed E-state index contributed by atoms with van der Waals surface area (Å²) in [7, 11) is 4.71. The molecule has 1 saturated heterocycles. The third kappa shape index (κ3) is 6.08. The van der Waals surface area contributed by atoms with Crippen molar-refractivity contribution in [2.45, 2.75) is 24.8 Å². The number of ether oxygens (including phenoxy) is 1. The van der Waals surface area contributed by atoms with Crippen molar-refractivity contribution in [1.29, 1.82) is 0 Å². The Morgan fingerprint density at radius 1 is 1.24 bits per heavy atom. The Morgan fingerprint density at radius 2 is 2.03 bits per heavy atom. The number of alkyl halides is 4. The molecule has 1 amide bonds. The first-order valence-corrected chi connectivity index (χ1v) is 11.7. The Bertz CT molecular complexity index is 1380. The van der Waals surface area contributed by atoms with Gasteiger partial charge in [0.05, 0.1) is 37.5 Å². The number of hydrogen-bond acceptors (Lipinski definition) is 7. The van der Waals surface area contributed by atoms with E-state index in [1.54, 1.807) is 25.2 Å². The van der Waals surface area contributed by atoms with Crippen LogP contribution in [0.25, 0.3) is 5.65 Å². The Balaban J connectivity index is 1.62. The molecule has 3 aromatic heterocycles. The summed E-state index contributed by atoms with van der Waals surface area (Å²) in [6.45, 7) is 0.710. The number of imidazole rings is 1. The van der Waals surface area contributed by atoms with Crippen molar-refractivity contribution in [1.82, 2.24) is 24.6 Å². The van der Waals surface area contributed by atoms with E-state index >= 15 is 0 Å². The Labute approximate surface area is 216 Å². The number of rotatable bonds is 7. The molecule has 1 fully saturated rings. The fourth-order valence-electron chi connectivity index (χ4n) is 4.22. The van der Waals surface area contributed by atoms with Crippen molar-refractivity contribution in [2.24, 2.45) is 0 Å². The number of carbonyl (C=O) groups is 1. The number of aromatic nitrogens is 3. The molecule has 0 unspecified atom stereocenters. The van der Waals surface area contributed by atoms with Gasteiger partial charge in [0.15, 0.2) is 17.2 Å². The minimum absolute atomic E-state index is 0.0110. The first-order chi connectivity index (χ1) is 18.1. The third-order valence-corrected chi connectivity index (χ3v) is 5.98. The molecule has 13 heteroatoms. The van der Waals surface area contributed by atoms with E-state index in [1.807, 2.05) is 4.90 Å². The fourth-order valence-corrected chi connectivity index (χ4v) is 4.22. The lowest BCUT2D eigenvalue weighted by Gasteiger charge is -2.16. The molecule has 3 aromatic rings. The van der Waals surface area contributed by atoms with Gasteiger partial charge in [-0.1, -0.05) is 5.92 Å². The van der Waals surface area contributed by atoms with E-state index in [1.165, 1.54) is 30.8 Å². The van der Waals surface area contributed by atoms with Crippen molar-refractivity contribution in [3.63, 3.8) is 0 Å². The Hall–Kier alpha value is -4.05. The zero-order valence-electron chi connectivity index (χ0n) is 21.0. The highest BCUT2D eigenvalue weighted by Crippen LogP contribution is 2.28. The lowest BCUT2D eigenvalue weighted by molar-refractivity contribution is -0.128. The van der Waals surface area contributed by atoms with Crippen LogP contribution in [0.1, 0.15) is 21.9 Å². The van der Waals surface area contributed by atoms with Crippen LogP contribution in [0.2, 0.25) is 0 Å². The van der Waals surface area contributed by atoms with Crippen molar-refractivity contribution in [3.8, 4) is 17.6 Å². The van der Waals surface area contributed by atoms with Crippen LogP contribution in [-0.4, -0.2) is 84.4 Å². The summed E-state index contributed by atoms with van der Waals surface area (Å²) >= 11 is 0. The maximum absolute atomic E-state index is 14.4. The number of anilines is 2. The Morgan fingerprint density at radius 3 is 2.68 bits per heavy atom. The topological polar surface area (TPSA) is 95.8 Å². The van der Waals surface area contributed by atoms with Crippen LogP contribution in [0.4, 0.5) is 29.1 Å². The van der Waals surface area contributed by atoms with E-state index in [9.17, 15) is 22.4 Å². The number of hydrogen-bond donors (Lipinski definition) is 3. The highest BCUT2D eigenvalue weighted by Gasteiger charge is 2.33. The molecule has 1 aliphatic rings. The van der Waals surface area contributed by atoms with Gasteiger partial charge in [0.2, 0.25) is 0 Å². The van der Waals surface area contributed by atoms with Gasteiger partial charge in [-0.05, 0) is 37.2 Å². The first-order valence-electron chi connectivity index (χ1n) is 11.7. The molecule has 3 N–H and O–H groups in total. The third-order valence-electron chi connectivity index (χ3n) is 5.98. The van der Waals surface area contributed by atoms with Crippen molar-refractivity contribution >= 4 is 23.1 Å². The molecule has 0 spiro atoms. The standard InChI is InChI=1S/C25H27F4N7O2/c1-30-24(37)18-8-9-21(38-3)22(33-18)31-10-4-6-16-20(12-25(27,28)29)36-11-5-7-17(23(36)34-16)32-19-14-35(2)13-15(19)26/h5,7-9,11,15,19,32H,10,12-14H2,1-3H3,(H,30,37)(H,31,33)/t15-,19+/m0/s1. The van der Waals surface area contributed by atoms with E-state index in [2.05, 4.69) is 37.8 Å². The maximum Gasteiger partial charge on any atom is 0.394 e. The minimum atomic E-state index is -4.50. The number of likely N-dealkylation sites (N-methyl/N-ethyl adjacent to an activating group) is 1. The largest absolute Gasteiger partial charge is 0.493 e. The van der Waals surface area contributed by atoms with E-state index in [0.29, 0.717) is 18.0 Å². The van der Waals surface area contributed by atoms with Gasteiger partial charge in [-0.25, -0.2) is 14.4 Å². The van der Waals surface area contributed by atoms with Gasteiger partial charge in [-0.3, -0.25) is 4.79 Å². The molecule has 0 aliphatic carbocycles. The molecule has 0 saturated carbocycles. The van der Waals surface area contributed by atoms with Crippen LogP contribution < -0.4 is 20.7 Å². The lowest BCUT2D eigenvalue weighted by atomic mass is 10.2. The summed E-state index contributed by atoms with van der Waals surface area (Å²) < 4.78 is 61.3. The number of pyridine rings is 2. The van der Waals surface area contributed by atoms with E-state index < -0.39 is 30.7 Å². The molecule has 4 heterocycles. The van der Waals surface area contributed by atoms with Gasteiger partial charge in [-0.15, -0.1) is 0 Å². The zero-order chi connectivity index (χ0) is 27.4. The van der Waals surface area contributed by atoms with E-state index in [4.69, 9.17) is 4.74 Å². The molecule has 202 valence electrons. The van der Waals surface area contributed by atoms with Gasteiger partial charge in [0, 0.05) is 26.3 Å². The predicted octanol–water partition coefficient (Wildman–Crippen LogP) is 2.73. The fraction of sp³-hybridized carbons (Fsp3) is 0.400. The van der Waals surface area contributed by atoms with Gasteiger partial charge in [0.25, 0.3) is 5.91 Å². The number of likely N-dealkylation sites (tertiary alicyclic amines) is 1. The molecule has 0 radical (unpaired) electrons. The number of nitrogens with one attached hydrogen (secondary N) is 3. The molecule has 9 nitrogen and oxygen atoms in total. The van der Waals surface area contributed by atoms with Gasteiger partial charge in [0.1, 0.15) is 17.6 Å². The molecule has 2 atom stereocenters. The summed E-state index contributed by atoms with van der Waals surface area (Å²) in [4.78, 5) is 22.3. The van der Waals surface area contributed by atoms with Crippen molar-refractivity contribution in [3.05, 3.63) is 47.5 Å². The number of halogens is 4. The first kappa shape index (κ1) is 27.0. The summed E-state index contributed by atoms with van der Waals surface area (Å²) in [6, 6.07) is 5.78. The quantitative estimate of drug-likeness (QED) is 0.318. The number of methoxy groups -OCH3 is 1. The molecule has 1 aliphatic heterocycles. The molecule has 0 bridgehead atoms. The molecular formula is C25H27F4N7O2. The second kappa shape index (κ2) is 11.1. The number of carbonyl (C=O) groups excluding carboxylic acids is 1. The van der Waals surface area contributed by atoms with Gasteiger partial charge < -0.3 is 30.0 Å². The van der Waals surface area contributed by atoms with Crippen LogP contribution in [0.3, 0.4) is 0 Å². The molecular weight excluding hydrogens is 506 g/mol. The minimum Gasteiger partial charge on any atom is -0.493 e. The highest BCUT2D eigenvalue weighted by molar-refractivity contribution is 5.92. The summed E-state index contributed by atoms with van der Waals surface area (Å²) in [5, 5.41) is 8.49. The van der Waals surface area contributed by atoms with Crippen LogP contribution in [0.15, 0.2) is 30.5 Å². The second-order valence-corrected chi connectivity index (χ2v) is 8.78. The smallest absolute Gasteiger partial charge is 0.394 e. The molecule has 0 aromatic carbocycles. The lowest BCUT2D eigenvalue weighted by Crippen LogP contribution is -2.29. The Kier molecular flexibility index (Phi) is 7.91. The number of nitrogens with zero attached hydrogens (tertiary/aromatic N) is 4. The average Bonchev–Trinajstić information content (AvgIpc) is 3.38. The second-order valence-electron chi connectivity index (χ2n) is 8.78. The monoisotopic (exact) mass is 533 g/mol. The van der Waals surface area contributed by atoms with Crippen LogP contribution in [-0.2, 0) is 6.42 Å². The highest BCUT2D eigenvalue weighted by atomic mass is 19.4. The summed E-state index contributed by atoms with van der Waals surface area (Å²) in [5.74, 6) is 5.71. The van der Waals surface area contributed by atoms with Crippen molar-refractivity contribution < 1.29 is 27.1 Å². The van der Waals surface area contributed by atoms with E-state index in [-0.39, 0.29) is 41.6 Å². The maximum atomic E-state index is 14.4. The van der Waals surface area contributed by atoms with E-state index in [0.717, 1.165) is 0 Å². The summed E-state index contributed by atoms with van der Waals surface area (Å²) in [5.41, 5.74) is 0.636. The number of amides is 1. The van der Waals surface area contributed by atoms with Crippen molar-refractivity contribution in [2.75, 3.05) is 51.5 Å². The SMILES string of the molecule is CNC(=O)c1ccc(OC)c(NCC#Cc2nc3c(N[C@@H]4CN(C)C[C@@H]4F)cccn3c2CC(F)(F)F)n1. The number of fused-ring (bicyclic) bond motifs is 1. The predicted molar refractivity (Wildman–Crippen MR) is 134 cm³/mol. The molecule has 38 heavy (non-hydrogen) atoms.